The molecule has 0 saturated carbocycles. The van der Waals surface area contributed by atoms with Gasteiger partial charge in [0.1, 0.15) is 0 Å². The third-order valence-electron chi connectivity index (χ3n) is 2.51. The van der Waals surface area contributed by atoms with E-state index in [0.717, 1.165) is 0 Å². The van der Waals surface area contributed by atoms with E-state index in [2.05, 4.69) is 0 Å². The molecule has 0 amide bonds. The molecule has 1 aliphatic rings. The Hall–Kier alpha value is -0.476. The van der Waals surface area contributed by atoms with Crippen LogP contribution in [0.2, 0.25) is 0 Å². The SMILES string of the molecule is Cc1cn2n(c1=O)C(C)([C-]=O)C=CC2.[Y]. The van der Waals surface area contributed by atoms with Gasteiger partial charge in [-0.3, -0.25) is 14.2 Å². The van der Waals surface area contributed by atoms with Crippen molar-refractivity contribution in [1.29, 1.82) is 0 Å². The number of carbonyl (C=O) groups excluding carboxylic acids is 1. The van der Waals surface area contributed by atoms with Crippen molar-refractivity contribution in [2.45, 2.75) is 25.9 Å². The monoisotopic (exact) mass is 280 g/mol. The molecule has 0 bridgehead atoms. The first-order valence-electron chi connectivity index (χ1n) is 4.45. The number of rotatable bonds is 1. The van der Waals surface area contributed by atoms with Gasteiger partial charge < -0.3 is 4.79 Å². The standard InChI is InChI=1S/C10H11N2O2.Y/c1-8-6-11-5-3-4-10(2,7-13)12(11)9(8)14;/h3-4,6H,5H2,1-2H3;/q-1;. The van der Waals surface area contributed by atoms with Crippen LogP contribution in [0.25, 0.3) is 0 Å². The summed E-state index contributed by atoms with van der Waals surface area (Å²) in [6, 6.07) is 0. The number of hydrogen-bond donors (Lipinski definition) is 0. The maximum atomic E-state index is 11.7. The molecule has 5 heteroatoms. The predicted molar refractivity (Wildman–Crippen MR) is 51.9 cm³/mol. The van der Waals surface area contributed by atoms with Gasteiger partial charge in [0.2, 0.25) is 0 Å². The van der Waals surface area contributed by atoms with E-state index in [1.54, 1.807) is 30.8 Å². The first kappa shape index (κ1) is 12.6. The van der Waals surface area contributed by atoms with E-state index < -0.39 is 5.54 Å². The van der Waals surface area contributed by atoms with Gasteiger partial charge in [0, 0.05) is 44.5 Å². The molecule has 0 saturated heterocycles. The van der Waals surface area contributed by atoms with Crippen molar-refractivity contribution in [3.63, 3.8) is 0 Å². The van der Waals surface area contributed by atoms with Crippen LogP contribution in [0.15, 0.2) is 23.1 Å². The maximum absolute atomic E-state index is 11.7. The number of fused-ring (bicyclic) bond motifs is 1. The summed E-state index contributed by atoms with van der Waals surface area (Å²) >= 11 is 0. The molecule has 4 nitrogen and oxygen atoms in total. The van der Waals surface area contributed by atoms with Crippen LogP contribution in [0.1, 0.15) is 12.5 Å². The van der Waals surface area contributed by atoms with Crippen molar-refractivity contribution in [2.75, 3.05) is 0 Å². The van der Waals surface area contributed by atoms with Gasteiger partial charge in [-0.1, -0.05) is 19.1 Å². The van der Waals surface area contributed by atoms with Gasteiger partial charge >= 0.3 is 0 Å². The molecule has 1 radical (unpaired) electrons. The van der Waals surface area contributed by atoms with Gasteiger partial charge in [-0.25, -0.2) is 6.29 Å². The van der Waals surface area contributed by atoms with E-state index in [-0.39, 0.29) is 38.3 Å². The molecule has 0 spiro atoms. The third-order valence-corrected chi connectivity index (χ3v) is 2.51. The fraction of sp³-hybridized carbons (Fsp3) is 0.400. The van der Waals surface area contributed by atoms with Crippen molar-refractivity contribution in [1.82, 2.24) is 9.36 Å². The normalized spacial score (nSPS) is 23.1. The van der Waals surface area contributed by atoms with Crippen molar-refractivity contribution < 1.29 is 37.5 Å². The summed E-state index contributed by atoms with van der Waals surface area (Å²) in [5, 5.41) is 0. The van der Waals surface area contributed by atoms with Crippen LogP contribution in [0.5, 0.6) is 0 Å². The van der Waals surface area contributed by atoms with E-state index in [4.69, 9.17) is 0 Å². The Morgan fingerprint density at radius 1 is 1.53 bits per heavy atom. The molecule has 0 aliphatic carbocycles. The van der Waals surface area contributed by atoms with Crippen LogP contribution >= 0.6 is 0 Å². The zero-order chi connectivity index (χ0) is 10.3. The smallest absolute Gasteiger partial charge is 0.268 e. The minimum atomic E-state index is -0.955. The second kappa shape index (κ2) is 4.18. The maximum Gasteiger partial charge on any atom is 0.268 e. The van der Waals surface area contributed by atoms with Gasteiger partial charge in [-0.15, -0.1) is 0 Å². The van der Waals surface area contributed by atoms with E-state index in [1.165, 1.54) is 4.68 Å². The van der Waals surface area contributed by atoms with Crippen LogP contribution in [0.3, 0.4) is 0 Å². The Bertz CT molecular complexity index is 472. The molecule has 2 rings (SSSR count). The van der Waals surface area contributed by atoms with Gasteiger partial charge in [-0.2, -0.15) is 0 Å². The molecule has 0 aromatic carbocycles. The Kier molecular flexibility index (Phi) is 3.51. The molecule has 1 aromatic heterocycles. The van der Waals surface area contributed by atoms with E-state index in [1.807, 2.05) is 12.4 Å². The predicted octanol–water partition coefficient (Wildman–Crippen LogP) is 0.350. The second-order valence-electron chi connectivity index (χ2n) is 3.70. The summed E-state index contributed by atoms with van der Waals surface area (Å²) in [7, 11) is 0. The molecule has 77 valence electrons. The van der Waals surface area contributed by atoms with Crippen LogP contribution in [-0.4, -0.2) is 15.6 Å². The minimum Gasteiger partial charge on any atom is -0.539 e. The zero-order valence-electron chi connectivity index (χ0n) is 8.73. The summed E-state index contributed by atoms with van der Waals surface area (Å²) < 4.78 is 3.18. The molecule has 15 heavy (non-hydrogen) atoms. The topological polar surface area (TPSA) is 44.0 Å². The second-order valence-corrected chi connectivity index (χ2v) is 3.70. The van der Waals surface area contributed by atoms with Crippen LogP contribution in [-0.2, 0) is 49.6 Å². The van der Waals surface area contributed by atoms with Gasteiger partial charge in [0.25, 0.3) is 5.56 Å². The molecule has 2 heterocycles. The largest absolute Gasteiger partial charge is 0.539 e. The molecule has 1 aliphatic heterocycles. The number of nitrogens with zero attached hydrogens (tertiary/aromatic N) is 2. The number of aryl methyl sites for hydroxylation is 1. The fourth-order valence-corrected chi connectivity index (χ4v) is 1.77. The van der Waals surface area contributed by atoms with Gasteiger partial charge in [0.05, 0.1) is 6.54 Å². The first-order chi connectivity index (χ1) is 6.58. The first-order valence-corrected chi connectivity index (χ1v) is 4.45. The van der Waals surface area contributed by atoms with Crippen molar-refractivity contribution in [2.24, 2.45) is 0 Å². The fourth-order valence-electron chi connectivity index (χ4n) is 1.77. The van der Waals surface area contributed by atoms with Crippen molar-refractivity contribution in [3.8, 4) is 0 Å². The molecular weight excluding hydrogens is 269 g/mol. The van der Waals surface area contributed by atoms with Crippen molar-refractivity contribution >= 4 is 6.29 Å². The number of aromatic nitrogens is 2. The Balaban J connectivity index is 0.00000112. The molecular formula is C10H11N2O2Y-. The van der Waals surface area contributed by atoms with Gasteiger partial charge in [0.15, 0.2) is 0 Å². The van der Waals surface area contributed by atoms with E-state index in [0.29, 0.717) is 12.1 Å². The van der Waals surface area contributed by atoms with E-state index >= 15 is 0 Å². The Morgan fingerprint density at radius 3 is 2.80 bits per heavy atom. The number of allylic oxidation sites excluding steroid dienone is 2. The van der Waals surface area contributed by atoms with Crippen molar-refractivity contribution in [3.05, 3.63) is 34.3 Å². The third kappa shape index (κ3) is 1.81. The zero-order valence-corrected chi connectivity index (χ0v) is 11.6. The molecule has 1 atom stereocenters. The summed E-state index contributed by atoms with van der Waals surface area (Å²) in [6.45, 7) is 4.04. The Labute approximate surface area is 113 Å². The molecule has 1 aromatic rings. The number of hydrogen-bond acceptors (Lipinski definition) is 2. The van der Waals surface area contributed by atoms with Crippen LogP contribution in [0.4, 0.5) is 0 Å². The molecule has 0 N–H and O–H groups in total. The van der Waals surface area contributed by atoms with Crippen LogP contribution < -0.4 is 5.56 Å². The quantitative estimate of drug-likeness (QED) is 0.550. The Morgan fingerprint density at radius 2 is 2.20 bits per heavy atom. The van der Waals surface area contributed by atoms with E-state index in [9.17, 15) is 9.59 Å². The average molecular weight is 280 g/mol. The average Bonchev–Trinajstić information content (AvgIpc) is 2.44. The van der Waals surface area contributed by atoms with Gasteiger partial charge in [-0.05, 0) is 12.5 Å². The van der Waals surface area contributed by atoms with Crippen LogP contribution in [0, 0.1) is 6.92 Å². The molecule has 1 unspecified atom stereocenters. The summed E-state index contributed by atoms with van der Waals surface area (Å²) in [5.41, 5.74) is -0.431. The minimum absolute atomic E-state index is 0. The molecule has 0 fully saturated rings. The summed E-state index contributed by atoms with van der Waals surface area (Å²) in [6.07, 6.45) is 7.22. The summed E-state index contributed by atoms with van der Waals surface area (Å²) in [4.78, 5) is 22.6. The summed E-state index contributed by atoms with van der Waals surface area (Å²) in [5.74, 6) is 0.